The summed E-state index contributed by atoms with van der Waals surface area (Å²) < 4.78 is 39.4. The van der Waals surface area contributed by atoms with Crippen molar-refractivity contribution in [3.8, 4) is 0 Å². The number of H-pyrrole nitrogens is 1. The van der Waals surface area contributed by atoms with Gasteiger partial charge in [-0.05, 0) is 44.0 Å². The van der Waals surface area contributed by atoms with Crippen LogP contribution in [0.5, 0.6) is 0 Å². The third-order valence-electron chi connectivity index (χ3n) is 5.38. The van der Waals surface area contributed by atoms with Crippen molar-refractivity contribution in [3.05, 3.63) is 59.7 Å². The Morgan fingerprint density at radius 1 is 1.25 bits per heavy atom. The normalized spacial score (nSPS) is 19.7. The van der Waals surface area contributed by atoms with Gasteiger partial charge in [0, 0.05) is 24.4 Å². The average molecular weight is 463 g/mol. The highest BCUT2D eigenvalue weighted by molar-refractivity contribution is 7.99. The second kappa shape index (κ2) is 9.15. The summed E-state index contributed by atoms with van der Waals surface area (Å²) >= 11 is 1.57. The predicted octanol–water partition coefficient (Wildman–Crippen LogP) is 4.84. The average Bonchev–Trinajstić information content (AvgIpc) is 3.30. The first-order valence-corrected chi connectivity index (χ1v) is 11.4. The Balaban J connectivity index is 1.52. The van der Waals surface area contributed by atoms with E-state index in [-0.39, 0.29) is 23.7 Å². The van der Waals surface area contributed by atoms with E-state index in [1.165, 1.54) is 6.07 Å². The zero-order valence-electron chi connectivity index (χ0n) is 17.8. The molecule has 170 valence electrons. The third-order valence-corrected chi connectivity index (χ3v) is 6.48. The number of aromatic amines is 1. The van der Waals surface area contributed by atoms with E-state index >= 15 is 0 Å². The van der Waals surface area contributed by atoms with E-state index in [9.17, 15) is 18.0 Å². The molecule has 0 spiro atoms. The molecule has 1 saturated heterocycles. The van der Waals surface area contributed by atoms with Crippen LogP contribution in [0.1, 0.15) is 31.4 Å². The van der Waals surface area contributed by atoms with Crippen LogP contribution in [0.25, 0.3) is 11.0 Å². The van der Waals surface area contributed by atoms with E-state index in [1.54, 1.807) is 17.8 Å². The largest absolute Gasteiger partial charge is 0.416 e. The molecule has 2 atom stereocenters. The minimum absolute atomic E-state index is 0.0139. The number of thioether (sulfide) groups is 1. The lowest BCUT2D eigenvalue weighted by Crippen LogP contribution is -2.45. The standard InChI is InChI=1S/C23H25F3N4OS/c1-14(2)27-21(31)20-11-17(32-22-28-18-8-3-4-9-19(18)29-22)13-30(20)12-15-6-5-7-16(10-15)23(24,25)26/h3-10,14,17,20H,11-13H2,1-2H3,(H,27,31)(H,28,29)/t17-,20-/m0/s1. The molecular weight excluding hydrogens is 437 g/mol. The van der Waals surface area contributed by atoms with Crippen molar-refractivity contribution in [2.45, 2.75) is 55.5 Å². The first kappa shape index (κ1) is 22.7. The summed E-state index contributed by atoms with van der Waals surface area (Å²) in [6, 6.07) is 12.7. The number of fused-ring (bicyclic) bond motifs is 1. The Labute approximate surface area is 188 Å². The van der Waals surface area contributed by atoms with Crippen molar-refractivity contribution in [1.82, 2.24) is 20.2 Å². The maximum atomic E-state index is 13.1. The molecule has 2 aromatic carbocycles. The summed E-state index contributed by atoms with van der Waals surface area (Å²) in [6.07, 6.45) is -3.80. The number of hydrogen-bond acceptors (Lipinski definition) is 4. The fourth-order valence-corrected chi connectivity index (χ4v) is 5.18. The van der Waals surface area contributed by atoms with Gasteiger partial charge in [0.25, 0.3) is 0 Å². The maximum absolute atomic E-state index is 13.1. The number of carbonyl (C=O) groups excluding carboxylic acids is 1. The van der Waals surface area contributed by atoms with Crippen molar-refractivity contribution in [3.63, 3.8) is 0 Å². The Morgan fingerprint density at radius 2 is 2.03 bits per heavy atom. The molecule has 3 aromatic rings. The lowest BCUT2D eigenvalue weighted by molar-refractivity contribution is -0.137. The van der Waals surface area contributed by atoms with Crippen molar-refractivity contribution < 1.29 is 18.0 Å². The Bertz CT molecular complexity index is 1070. The molecule has 4 rings (SSSR count). The molecule has 2 N–H and O–H groups in total. The number of nitrogens with one attached hydrogen (secondary N) is 2. The summed E-state index contributed by atoms with van der Waals surface area (Å²) in [4.78, 5) is 22.7. The van der Waals surface area contributed by atoms with Gasteiger partial charge in [-0.2, -0.15) is 13.2 Å². The van der Waals surface area contributed by atoms with Crippen molar-refractivity contribution in [2.24, 2.45) is 0 Å². The van der Waals surface area contributed by atoms with E-state index in [0.29, 0.717) is 18.5 Å². The van der Waals surface area contributed by atoms with Crippen molar-refractivity contribution >= 4 is 28.7 Å². The molecular formula is C23H25F3N4OS. The Kier molecular flexibility index (Phi) is 6.48. The molecule has 1 aromatic heterocycles. The minimum Gasteiger partial charge on any atom is -0.353 e. The van der Waals surface area contributed by atoms with Gasteiger partial charge in [0.1, 0.15) is 0 Å². The van der Waals surface area contributed by atoms with Gasteiger partial charge in [-0.1, -0.05) is 42.1 Å². The Morgan fingerprint density at radius 3 is 2.75 bits per heavy atom. The van der Waals surface area contributed by atoms with Crippen LogP contribution < -0.4 is 5.32 Å². The molecule has 1 aliphatic rings. The van der Waals surface area contributed by atoms with Gasteiger partial charge in [0.05, 0.1) is 22.6 Å². The summed E-state index contributed by atoms with van der Waals surface area (Å²) in [7, 11) is 0. The number of nitrogens with zero attached hydrogens (tertiary/aromatic N) is 2. The van der Waals surface area contributed by atoms with E-state index in [0.717, 1.165) is 28.3 Å². The fourth-order valence-electron chi connectivity index (χ4n) is 4.00. The second-order valence-corrected chi connectivity index (χ2v) is 9.63. The molecule has 0 unspecified atom stereocenters. The number of carbonyl (C=O) groups is 1. The quantitative estimate of drug-likeness (QED) is 0.550. The molecule has 5 nitrogen and oxygen atoms in total. The van der Waals surface area contributed by atoms with Crippen LogP contribution in [0.15, 0.2) is 53.7 Å². The maximum Gasteiger partial charge on any atom is 0.416 e. The molecule has 32 heavy (non-hydrogen) atoms. The zero-order chi connectivity index (χ0) is 22.9. The molecule has 1 fully saturated rings. The first-order valence-electron chi connectivity index (χ1n) is 10.5. The summed E-state index contributed by atoms with van der Waals surface area (Å²) in [5.41, 5.74) is 1.69. The van der Waals surface area contributed by atoms with Crippen LogP contribution in [0.3, 0.4) is 0 Å². The fraction of sp³-hybridized carbons (Fsp3) is 0.391. The molecule has 2 heterocycles. The SMILES string of the molecule is CC(C)NC(=O)[C@@H]1C[C@H](Sc2nc3ccccc3[nH]2)CN1Cc1cccc(C(F)(F)F)c1. The summed E-state index contributed by atoms with van der Waals surface area (Å²) in [5.74, 6) is -0.0975. The summed E-state index contributed by atoms with van der Waals surface area (Å²) in [5, 5.41) is 3.81. The van der Waals surface area contributed by atoms with Gasteiger partial charge in [0.15, 0.2) is 5.16 Å². The summed E-state index contributed by atoms with van der Waals surface area (Å²) in [6.45, 7) is 4.64. The van der Waals surface area contributed by atoms with Gasteiger partial charge in [-0.3, -0.25) is 9.69 Å². The minimum atomic E-state index is -4.39. The monoisotopic (exact) mass is 462 g/mol. The highest BCUT2D eigenvalue weighted by Crippen LogP contribution is 2.34. The van der Waals surface area contributed by atoms with Gasteiger partial charge in [-0.15, -0.1) is 0 Å². The van der Waals surface area contributed by atoms with Gasteiger partial charge in [-0.25, -0.2) is 4.98 Å². The van der Waals surface area contributed by atoms with E-state index < -0.39 is 17.8 Å². The number of benzene rings is 2. The number of para-hydroxylation sites is 2. The van der Waals surface area contributed by atoms with E-state index in [2.05, 4.69) is 15.3 Å². The molecule has 9 heteroatoms. The predicted molar refractivity (Wildman–Crippen MR) is 119 cm³/mol. The highest BCUT2D eigenvalue weighted by atomic mass is 32.2. The van der Waals surface area contributed by atoms with Gasteiger partial charge < -0.3 is 10.3 Å². The molecule has 1 aliphatic heterocycles. The lowest BCUT2D eigenvalue weighted by Gasteiger charge is -2.24. The number of rotatable bonds is 6. The number of likely N-dealkylation sites (tertiary alicyclic amines) is 1. The Hall–Kier alpha value is -2.52. The highest BCUT2D eigenvalue weighted by Gasteiger charge is 2.38. The molecule has 0 radical (unpaired) electrons. The number of aromatic nitrogens is 2. The smallest absolute Gasteiger partial charge is 0.353 e. The molecule has 1 amide bonds. The van der Waals surface area contributed by atoms with E-state index in [4.69, 9.17) is 0 Å². The molecule has 0 aliphatic carbocycles. The number of alkyl halides is 3. The van der Waals surface area contributed by atoms with Gasteiger partial charge >= 0.3 is 6.18 Å². The topological polar surface area (TPSA) is 61.0 Å². The van der Waals surface area contributed by atoms with E-state index in [1.807, 2.05) is 43.0 Å². The number of halogens is 3. The van der Waals surface area contributed by atoms with Crippen LogP contribution in [0, 0.1) is 0 Å². The lowest BCUT2D eigenvalue weighted by atomic mass is 10.1. The van der Waals surface area contributed by atoms with Crippen LogP contribution in [-0.2, 0) is 17.5 Å². The van der Waals surface area contributed by atoms with Crippen molar-refractivity contribution in [1.29, 1.82) is 0 Å². The number of amides is 1. The van der Waals surface area contributed by atoms with Crippen LogP contribution in [-0.4, -0.2) is 44.7 Å². The number of hydrogen-bond donors (Lipinski definition) is 2. The molecule has 0 saturated carbocycles. The van der Waals surface area contributed by atoms with Gasteiger partial charge in [0.2, 0.25) is 5.91 Å². The van der Waals surface area contributed by atoms with Crippen molar-refractivity contribution in [2.75, 3.05) is 6.54 Å². The first-order chi connectivity index (χ1) is 15.2. The van der Waals surface area contributed by atoms with Crippen LogP contribution in [0.2, 0.25) is 0 Å². The molecule has 0 bridgehead atoms. The van der Waals surface area contributed by atoms with Crippen LogP contribution in [0.4, 0.5) is 13.2 Å². The van der Waals surface area contributed by atoms with Crippen LogP contribution >= 0.6 is 11.8 Å². The second-order valence-electron chi connectivity index (χ2n) is 8.34. The number of imidazole rings is 1. The third kappa shape index (κ3) is 5.27. The zero-order valence-corrected chi connectivity index (χ0v) is 18.6.